The number of carbonyl (C=O) groups excluding carboxylic acids is 1. The second-order valence-corrected chi connectivity index (χ2v) is 4.46. The molecule has 0 atom stereocenters. The molecular weight excluding hydrogens is 288 g/mol. The quantitative estimate of drug-likeness (QED) is 0.365. The average Bonchev–Trinajstić information content (AvgIpc) is 2.47. The number of aromatic nitrogens is 2. The maximum absolute atomic E-state index is 11.4. The zero-order valence-electron chi connectivity index (χ0n) is 11.3. The summed E-state index contributed by atoms with van der Waals surface area (Å²) in [6.07, 6.45) is 1.26. The molecule has 0 unspecified atom stereocenters. The minimum Gasteiger partial charge on any atom is -0.466 e. The number of amidine groups is 1. The summed E-state index contributed by atoms with van der Waals surface area (Å²) >= 11 is 0. The predicted molar refractivity (Wildman–Crippen MR) is 78.1 cm³/mol. The Labute approximate surface area is 124 Å². The maximum Gasteiger partial charge on any atom is 0.262 e. The van der Waals surface area contributed by atoms with Crippen molar-refractivity contribution in [3.8, 4) is 17.5 Å². The lowest BCUT2D eigenvalue weighted by atomic mass is 10.1. The first-order valence-corrected chi connectivity index (χ1v) is 6.24. The number of rotatable bonds is 3. The highest BCUT2D eigenvalue weighted by molar-refractivity contribution is 6.00. The van der Waals surface area contributed by atoms with E-state index in [2.05, 4.69) is 15.3 Å². The minimum atomic E-state index is -0.321. The second-order valence-electron chi connectivity index (χ2n) is 4.46. The SMILES string of the molecule is N=C(N)c1ccc(Oc2ncnc3c2NC(=O)CO3)cc1N. The van der Waals surface area contributed by atoms with Crippen molar-refractivity contribution in [1.82, 2.24) is 9.97 Å². The second kappa shape index (κ2) is 5.20. The van der Waals surface area contributed by atoms with E-state index in [1.54, 1.807) is 12.1 Å². The van der Waals surface area contributed by atoms with Gasteiger partial charge >= 0.3 is 0 Å². The van der Waals surface area contributed by atoms with Crippen molar-refractivity contribution in [2.24, 2.45) is 5.73 Å². The van der Waals surface area contributed by atoms with Crippen LogP contribution in [0.1, 0.15) is 5.56 Å². The van der Waals surface area contributed by atoms with Crippen LogP contribution in [-0.2, 0) is 4.79 Å². The van der Waals surface area contributed by atoms with Crippen LogP contribution in [0.15, 0.2) is 24.5 Å². The van der Waals surface area contributed by atoms with Crippen LogP contribution in [0.25, 0.3) is 0 Å². The van der Waals surface area contributed by atoms with Crippen molar-refractivity contribution in [1.29, 1.82) is 5.41 Å². The van der Waals surface area contributed by atoms with Crippen LogP contribution in [0.4, 0.5) is 11.4 Å². The lowest BCUT2D eigenvalue weighted by molar-refractivity contribution is -0.118. The number of benzene rings is 1. The number of anilines is 2. The summed E-state index contributed by atoms with van der Waals surface area (Å²) in [5, 5.41) is 9.98. The van der Waals surface area contributed by atoms with Gasteiger partial charge in [-0.05, 0) is 12.1 Å². The highest BCUT2D eigenvalue weighted by atomic mass is 16.5. The number of nitrogen functional groups attached to an aromatic ring is 2. The van der Waals surface area contributed by atoms with Gasteiger partial charge in [-0.1, -0.05) is 0 Å². The Bertz CT molecular complexity index is 776. The molecule has 1 aromatic heterocycles. The van der Waals surface area contributed by atoms with E-state index in [9.17, 15) is 4.79 Å². The number of hydrogen-bond donors (Lipinski definition) is 4. The molecule has 0 bridgehead atoms. The van der Waals surface area contributed by atoms with Crippen LogP contribution < -0.4 is 26.3 Å². The van der Waals surface area contributed by atoms with E-state index in [1.807, 2.05) is 0 Å². The molecule has 1 aliphatic heterocycles. The van der Waals surface area contributed by atoms with Crippen molar-refractivity contribution in [3.63, 3.8) is 0 Å². The Balaban J connectivity index is 1.92. The van der Waals surface area contributed by atoms with Gasteiger partial charge < -0.3 is 26.3 Å². The molecule has 0 fully saturated rings. The maximum atomic E-state index is 11.4. The summed E-state index contributed by atoms with van der Waals surface area (Å²) in [6.45, 7) is -0.107. The normalized spacial score (nSPS) is 12.8. The summed E-state index contributed by atoms with van der Waals surface area (Å²) in [7, 11) is 0. The molecule has 3 rings (SSSR count). The van der Waals surface area contributed by atoms with Gasteiger partial charge in [-0.3, -0.25) is 10.2 Å². The predicted octanol–water partition coefficient (Wildman–Crippen LogP) is 0.466. The fourth-order valence-corrected chi connectivity index (χ4v) is 1.92. The molecule has 0 aliphatic carbocycles. The molecule has 112 valence electrons. The average molecular weight is 300 g/mol. The summed E-state index contributed by atoms with van der Waals surface area (Å²) < 4.78 is 10.8. The molecule has 1 aromatic carbocycles. The molecule has 9 heteroatoms. The Morgan fingerprint density at radius 1 is 1.41 bits per heavy atom. The molecule has 2 aromatic rings. The molecule has 0 radical (unpaired) electrons. The van der Waals surface area contributed by atoms with Crippen molar-refractivity contribution in [3.05, 3.63) is 30.1 Å². The largest absolute Gasteiger partial charge is 0.466 e. The van der Waals surface area contributed by atoms with Gasteiger partial charge in [0.15, 0.2) is 12.3 Å². The highest BCUT2D eigenvalue weighted by Crippen LogP contribution is 2.35. The number of hydrogen-bond acceptors (Lipinski definition) is 7. The van der Waals surface area contributed by atoms with E-state index in [0.717, 1.165) is 0 Å². The molecular formula is C13H12N6O3. The number of fused-ring (bicyclic) bond motifs is 1. The minimum absolute atomic E-state index is 0.107. The van der Waals surface area contributed by atoms with E-state index in [0.29, 0.717) is 17.0 Å². The number of nitrogens with zero attached hydrogens (tertiary/aromatic N) is 2. The first-order valence-electron chi connectivity index (χ1n) is 6.24. The molecule has 0 spiro atoms. The van der Waals surface area contributed by atoms with Gasteiger partial charge in [0.1, 0.15) is 17.9 Å². The van der Waals surface area contributed by atoms with Crippen LogP contribution in [-0.4, -0.2) is 28.3 Å². The van der Waals surface area contributed by atoms with Crippen molar-refractivity contribution in [2.45, 2.75) is 0 Å². The molecule has 22 heavy (non-hydrogen) atoms. The third kappa shape index (κ3) is 2.46. The molecule has 0 saturated heterocycles. The van der Waals surface area contributed by atoms with Gasteiger partial charge in [-0.2, -0.15) is 9.97 Å². The Morgan fingerprint density at radius 3 is 2.95 bits per heavy atom. The number of nitrogens with two attached hydrogens (primary N) is 2. The Hall–Kier alpha value is -3.36. The molecule has 2 heterocycles. The first kappa shape index (κ1) is 13.6. The van der Waals surface area contributed by atoms with Crippen LogP contribution in [0.3, 0.4) is 0 Å². The van der Waals surface area contributed by atoms with Crippen LogP contribution >= 0.6 is 0 Å². The van der Waals surface area contributed by atoms with Gasteiger partial charge in [-0.15, -0.1) is 0 Å². The Morgan fingerprint density at radius 2 is 2.23 bits per heavy atom. The molecule has 1 amide bonds. The monoisotopic (exact) mass is 300 g/mol. The lowest BCUT2D eigenvalue weighted by Crippen LogP contribution is -2.26. The summed E-state index contributed by atoms with van der Waals surface area (Å²) in [5.41, 5.74) is 12.2. The number of carbonyl (C=O) groups is 1. The van der Waals surface area contributed by atoms with E-state index in [-0.39, 0.29) is 35.8 Å². The lowest BCUT2D eigenvalue weighted by Gasteiger charge is -2.18. The fraction of sp³-hybridized carbons (Fsp3) is 0.0769. The van der Waals surface area contributed by atoms with E-state index in [4.69, 9.17) is 26.4 Å². The van der Waals surface area contributed by atoms with Gasteiger partial charge in [0.05, 0.1) is 0 Å². The standard InChI is InChI=1S/C13H12N6O3/c14-8-3-6(1-2-7(8)11(15)16)22-13-10-12(17-5-18-13)21-4-9(20)19-10/h1-3,5H,4,14H2,(H3,15,16)(H,19,20). The molecule has 9 nitrogen and oxygen atoms in total. The van der Waals surface area contributed by atoms with Gasteiger partial charge in [0.25, 0.3) is 11.8 Å². The zero-order chi connectivity index (χ0) is 15.7. The summed E-state index contributed by atoms with van der Waals surface area (Å²) in [4.78, 5) is 19.3. The first-order chi connectivity index (χ1) is 10.5. The Kier molecular flexibility index (Phi) is 3.22. The third-order valence-electron chi connectivity index (χ3n) is 2.91. The summed E-state index contributed by atoms with van der Waals surface area (Å²) in [6, 6.07) is 4.67. The van der Waals surface area contributed by atoms with Gasteiger partial charge in [0, 0.05) is 17.3 Å². The van der Waals surface area contributed by atoms with Crippen LogP contribution in [0.5, 0.6) is 17.5 Å². The highest BCUT2D eigenvalue weighted by Gasteiger charge is 2.23. The van der Waals surface area contributed by atoms with Crippen LogP contribution in [0, 0.1) is 5.41 Å². The van der Waals surface area contributed by atoms with Crippen molar-refractivity contribution < 1.29 is 14.3 Å². The molecule has 6 N–H and O–H groups in total. The topological polar surface area (TPSA) is 149 Å². The molecule has 1 aliphatic rings. The van der Waals surface area contributed by atoms with E-state index >= 15 is 0 Å². The third-order valence-corrected chi connectivity index (χ3v) is 2.91. The van der Waals surface area contributed by atoms with E-state index in [1.165, 1.54) is 12.4 Å². The van der Waals surface area contributed by atoms with Crippen molar-refractivity contribution >= 4 is 23.1 Å². The van der Waals surface area contributed by atoms with E-state index < -0.39 is 0 Å². The molecule has 0 saturated carbocycles. The smallest absolute Gasteiger partial charge is 0.262 e. The van der Waals surface area contributed by atoms with Crippen LogP contribution in [0.2, 0.25) is 0 Å². The summed E-state index contributed by atoms with van der Waals surface area (Å²) in [5.74, 6) is 0.289. The zero-order valence-corrected chi connectivity index (χ0v) is 11.3. The number of amides is 1. The number of ether oxygens (including phenoxy) is 2. The van der Waals surface area contributed by atoms with Gasteiger partial charge in [0.2, 0.25) is 5.88 Å². The number of nitrogens with one attached hydrogen (secondary N) is 2. The van der Waals surface area contributed by atoms with Gasteiger partial charge in [-0.25, -0.2) is 0 Å². The van der Waals surface area contributed by atoms with Crippen molar-refractivity contribution in [2.75, 3.05) is 17.7 Å². The fourth-order valence-electron chi connectivity index (χ4n) is 1.92.